The van der Waals surface area contributed by atoms with Crippen LogP contribution in [-0.4, -0.2) is 26.3 Å². The largest absolute Gasteiger partial charge is 0.385 e. The number of aryl methyl sites for hydroxylation is 1. The molecule has 1 aromatic carbocycles. The number of hydrogen-bond acceptors (Lipinski definition) is 2. The minimum absolute atomic E-state index is 0.525. The van der Waals surface area contributed by atoms with E-state index in [-0.39, 0.29) is 0 Å². The quantitative estimate of drug-likeness (QED) is 0.748. The summed E-state index contributed by atoms with van der Waals surface area (Å²) in [6.07, 6.45) is 3.34. The summed E-state index contributed by atoms with van der Waals surface area (Å²) in [7, 11) is 1.77. The fourth-order valence-electron chi connectivity index (χ4n) is 2.01. The zero-order chi connectivity index (χ0) is 12.5. The Bertz CT molecular complexity index is 304. The van der Waals surface area contributed by atoms with Gasteiger partial charge in [-0.15, -0.1) is 0 Å². The van der Waals surface area contributed by atoms with Crippen LogP contribution in [0.1, 0.15) is 30.9 Å². The summed E-state index contributed by atoms with van der Waals surface area (Å²) in [6.45, 7) is 6.26. The number of methoxy groups -OCH3 is 1. The fourth-order valence-corrected chi connectivity index (χ4v) is 2.01. The number of rotatable bonds is 8. The van der Waals surface area contributed by atoms with E-state index in [2.05, 4.69) is 43.4 Å². The van der Waals surface area contributed by atoms with E-state index in [1.54, 1.807) is 7.11 Å². The molecule has 1 unspecified atom stereocenters. The van der Waals surface area contributed by atoms with Crippen LogP contribution in [0.5, 0.6) is 0 Å². The minimum Gasteiger partial charge on any atom is -0.385 e. The third-order valence-electron chi connectivity index (χ3n) is 2.92. The monoisotopic (exact) mass is 235 g/mol. The molecule has 0 saturated carbocycles. The molecule has 0 amide bonds. The van der Waals surface area contributed by atoms with Crippen LogP contribution in [0.2, 0.25) is 0 Å². The summed E-state index contributed by atoms with van der Waals surface area (Å²) >= 11 is 0. The second-order valence-electron chi connectivity index (χ2n) is 4.63. The summed E-state index contributed by atoms with van der Waals surface area (Å²) in [5.41, 5.74) is 2.75. The highest BCUT2D eigenvalue weighted by atomic mass is 16.5. The molecule has 96 valence electrons. The molecular formula is C15H25NO. The van der Waals surface area contributed by atoms with Gasteiger partial charge in [-0.05, 0) is 38.3 Å². The first kappa shape index (κ1) is 14.2. The number of ether oxygens (including phenoxy) is 1. The maximum absolute atomic E-state index is 5.17. The van der Waals surface area contributed by atoms with Gasteiger partial charge in [-0.3, -0.25) is 0 Å². The maximum Gasteiger partial charge on any atom is 0.0477 e. The predicted octanol–water partition coefficient (Wildman–Crippen LogP) is 2.94. The van der Waals surface area contributed by atoms with Crippen molar-refractivity contribution >= 4 is 0 Å². The van der Waals surface area contributed by atoms with Crippen molar-refractivity contribution in [1.29, 1.82) is 0 Å². The van der Waals surface area contributed by atoms with E-state index in [4.69, 9.17) is 4.74 Å². The van der Waals surface area contributed by atoms with E-state index in [1.165, 1.54) is 17.5 Å². The maximum atomic E-state index is 5.17. The van der Waals surface area contributed by atoms with Gasteiger partial charge in [0.15, 0.2) is 0 Å². The molecule has 1 atom stereocenters. The van der Waals surface area contributed by atoms with Gasteiger partial charge in [-0.25, -0.2) is 0 Å². The number of nitrogens with one attached hydrogen (secondary N) is 1. The van der Waals surface area contributed by atoms with Gasteiger partial charge in [0.05, 0.1) is 0 Å². The van der Waals surface area contributed by atoms with Crippen molar-refractivity contribution in [2.24, 2.45) is 0 Å². The average Bonchev–Trinajstić information content (AvgIpc) is 2.32. The first-order chi connectivity index (χ1) is 8.26. The van der Waals surface area contributed by atoms with Gasteiger partial charge >= 0.3 is 0 Å². The highest BCUT2D eigenvalue weighted by Gasteiger charge is 2.08. The molecule has 17 heavy (non-hydrogen) atoms. The summed E-state index contributed by atoms with van der Waals surface area (Å²) in [4.78, 5) is 0. The highest BCUT2D eigenvalue weighted by molar-refractivity contribution is 5.22. The third kappa shape index (κ3) is 5.85. The lowest BCUT2D eigenvalue weighted by atomic mass is 10.0. The Labute approximate surface area is 105 Å². The van der Waals surface area contributed by atoms with Crippen molar-refractivity contribution in [2.75, 3.05) is 20.3 Å². The van der Waals surface area contributed by atoms with Crippen molar-refractivity contribution in [2.45, 2.75) is 39.2 Å². The molecule has 0 aliphatic carbocycles. The van der Waals surface area contributed by atoms with Gasteiger partial charge in [0.1, 0.15) is 0 Å². The molecule has 0 spiro atoms. The van der Waals surface area contributed by atoms with Crippen molar-refractivity contribution < 1.29 is 4.74 Å². The molecule has 0 aromatic heterocycles. The van der Waals surface area contributed by atoms with E-state index < -0.39 is 0 Å². The van der Waals surface area contributed by atoms with Crippen LogP contribution < -0.4 is 5.32 Å². The van der Waals surface area contributed by atoms with Crippen LogP contribution in [0.3, 0.4) is 0 Å². The SMILES string of the molecule is CCCNC(CCOC)Cc1cccc(C)c1. The van der Waals surface area contributed by atoms with E-state index >= 15 is 0 Å². The van der Waals surface area contributed by atoms with Crippen LogP contribution in [-0.2, 0) is 11.2 Å². The average molecular weight is 235 g/mol. The van der Waals surface area contributed by atoms with Gasteiger partial charge < -0.3 is 10.1 Å². The Morgan fingerprint density at radius 1 is 1.35 bits per heavy atom. The molecule has 0 fully saturated rings. The van der Waals surface area contributed by atoms with Crippen molar-refractivity contribution in [1.82, 2.24) is 5.32 Å². The van der Waals surface area contributed by atoms with Crippen LogP contribution in [0, 0.1) is 6.92 Å². The molecule has 0 aliphatic heterocycles. The molecule has 2 heteroatoms. The van der Waals surface area contributed by atoms with E-state index in [1.807, 2.05) is 0 Å². The normalized spacial score (nSPS) is 12.6. The Hall–Kier alpha value is -0.860. The highest BCUT2D eigenvalue weighted by Crippen LogP contribution is 2.09. The summed E-state index contributed by atoms with van der Waals surface area (Å²) in [6, 6.07) is 9.29. The van der Waals surface area contributed by atoms with Gasteiger partial charge in [-0.2, -0.15) is 0 Å². The van der Waals surface area contributed by atoms with E-state index in [9.17, 15) is 0 Å². The van der Waals surface area contributed by atoms with Gasteiger partial charge in [0, 0.05) is 19.8 Å². The second kappa shape index (κ2) is 8.26. The number of benzene rings is 1. The molecule has 0 radical (unpaired) electrons. The zero-order valence-corrected chi connectivity index (χ0v) is 11.3. The van der Waals surface area contributed by atoms with Gasteiger partial charge in [-0.1, -0.05) is 36.8 Å². The minimum atomic E-state index is 0.525. The van der Waals surface area contributed by atoms with Crippen LogP contribution in [0.4, 0.5) is 0 Å². The molecule has 1 N–H and O–H groups in total. The zero-order valence-electron chi connectivity index (χ0n) is 11.3. The Balaban J connectivity index is 2.51. The molecule has 2 nitrogen and oxygen atoms in total. The first-order valence-electron chi connectivity index (χ1n) is 6.54. The smallest absolute Gasteiger partial charge is 0.0477 e. The summed E-state index contributed by atoms with van der Waals surface area (Å²) in [5, 5.41) is 3.59. The van der Waals surface area contributed by atoms with Crippen molar-refractivity contribution in [3.05, 3.63) is 35.4 Å². The fraction of sp³-hybridized carbons (Fsp3) is 0.600. The van der Waals surface area contributed by atoms with Crippen molar-refractivity contribution in [3.63, 3.8) is 0 Å². The first-order valence-corrected chi connectivity index (χ1v) is 6.54. The Morgan fingerprint density at radius 3 is 2.82 bits per heavy atom. The lowest BCUT2D eigenvalue weighted by Gasteiger charge is -2.18. The van der Waals surface area contributed by atoms with Crippen LogP contribution >= 0.6 is 0 Å². The lowest BCUT2D eigenvalue weighted by Crippen LogP contribution is -2.32. The van der Waals surface area contributed by atoms with Gasteiger partial charge in [0.25, 0.3) is 0 Å². The molecule has 0 aliphatic rings. The molecule has 0 saturated heterocycles. The molecular weight excluding hydrogens is 210 g/mol. The number of hydrogen-bond donors (Lipinski definition) is 1. The van der Waals surface area contributed by atoms with Crippen LogP contribution in [0.15, 0.2) is 24.3 Å². The topological polar surface area (TPSA) is 21.3 Å². The molecule has 1 rings (SSSR count). The molecule has 1 aromatic rings. The summed E-state index contributed by atoms with van der Waals surface area (Å²) < 4.78 is 5.17. The van der Waals surface area contributed by atoms with Gasteiger partial charge in [0.2, 0.25) is 0 Å². The second-order valence-corrected chi connectivity index (χ2v) is 4.63. The lowest BCUT2D eigenvalue weighted by molar-refractivity contribution is 0.182. The third-order valence-corrected chi connectivity index (χ3v) is 2.92. The Kier molecular flexibility index (Phi) is 6.90. The molecule has 0 bridgehead atoms. The predicted molar refractivity (Wildman–Crippen MR) is 73.5 cm³/mol. The standard InChI is InChI=1S/C15H25NO/c1-4-9-16-15(8-10-17-3)12-14-7-5-6-13(2)11-14/h5-7,11,15-16H,4,8-10,12H2,1-3H3. The van der Waals surface area contributed by atoms with Crippen molar-refractivity contribution in [3.8, 4) is 0 Å². The Morgan fingerprint density at radius 2 is 2.18 bits per heavy atom. The van der Waals surface area contributed by atoms with E-state index in [0.29, 0.717) is 6.04 Å². The van der Waals surface area contributed by atoms with Crippen LogP contribution in [0.25, 0.3) is 0 Å². The molecule has 0 heterocycles. The summed E-state index contributed by atoms with van der Waals surface area (Å²) in [5.74, 6) is 0. The van der Waals surface area contributed by atoms with E-state index in [0.717, 1.165) is 26.0 Å².